The van der Waals surface area contributed by atoms with Gasteiger partial charge >= 0.3 is 5.97 Å². The maximum atomic E-state index is 12.7. The number of rotatable bonds is 7. The second kappa shape index (κ2) is 8.04. The van der Waals surface area contributed by atoms with Crippen molar-refractivity contribution in [3.05, 3.63) is 26.7 Å². The number of thioether (sulfide) groups is 1. The highest BCUT2D eigenvalue weighted by atomic mass is 32.2. The maximum absolute atomic E-state index is 12.7. The Morgan fingerprint density at radius 3 is 2.87 bits per heavy atom. The predicted molar refractivity (Wildman–Crippen MR) is 105 cm³/mol. The van der Waals surface area contributed by atoms with Gasteiger partial charge in [0.25, 0.3) is 11.8 Å². The van der Waals surface area contributed by atoms with Gasteiger partial charge in [0.1, 0.15) is 16.8 Å². The molecule has 0 spiro atoms. The van der Waals surface area contributed by atoms with E-state index in [0.29, 0.717) is 22.8 Å². The van der Waals surface area contributed by atoms with Crippen molar-refractivity contribution in [2.75, 3.05) is 5.73 Å². The van der Waals surface area contributed by atoms with E-state index in [1.165, 1.54) is 0 Å². The molecule has 4 rings (SSSR count). The molecule has 0 bridgehead atoms. The molecule has 3 atom stereocenters. The molecule has 16 heteroatoms. The first-order chi connectivity index (χ1) is 14.4. The van der Waals surface area contributed by atoms with Gasteiger partial charge in [0, 0.05) is 21.8 Å². The molecule has 3 unspecified atom stereocenters. The number of hydrogen-bond acceptors (Lipinski definition) is 13. The van der Waals surface area contributed by atoms with Crippen LogP contribution in [-0.2, 0) is 14.4 Å². The second-order valence-electron chi connectivity index (χ2n) is 6.22. The lowest BCUT2D eigenvalue weighted by Gasteiger charge is -2.50. The molecule has 30 heavy (non-hydrogen) atoms. The summed E-state index contributed by atoms with van der Waals surface area (Å²) in [5, 5.41) is 21.0. The maximum Gasteiger partial charge on any atom is 0.353 e. The SMILES string of the molecule is Nc1nc(C(N=O)C(=O)NC2C(=O)N3C(C(=O)O)=C(Sc4csnn4)CCC23)ns1. The van der Waals surface area contributed by atoms with Crippen LogP contribution < -0.4 is 11.1 Å². The third-order valence-corrected chi connectivity index (χ3v) is 6.78. The summed E-state index contributed by atoms with van der Waals surface area (Å²) in [6.45, 7) is 0. The fourth-order valence-electron chi connectivity index (χ4n) is 3.26. The van der Waals surface area contributed by atoms with E-state index in [0.717, 1.165) is 39.7 Å². The van der Waals surface area contributed by atoms with Crippen molar-refractivity contribution in [2.24, 2.45) is 5.18 Å². The zero-order valence-corrected chi connectivity index (χ0v) is 17.2. The van der Waals surface area contributed by atoms with Gasteiger partial charge in [-0.3, -0.25) is 14.5 Å². The highest BCUT2D eigenvalue weighted by Gasteiger charge is 2.54. The average Bonchev–Trinajstić information content (AvgIpc) is 3.38. The van der Waals surface area contributed by atoms with E-state index < -0.39 is 35.9 Å². The second-order valence-corrected chi connectivity index (χ2v) is 8.73. The van der Waals surface area contributed by atoms with Crippen LogP contribution in [0.2, 0.25) is 0 Å². The number of aliphatic carboxylic acids is 1. The number of nitrogen functional groups attached to an aromatic ring is 1. The minimum atomic E-state index is -1.55. The first-order valence-corrected chi connectivity index (χ1v) is 10.8. The Bertz CT molecular complexity index is 1050. The topological polar surface area (TPSA) is 194 Å². The molecule has 2 aliphatic heterocycles. The monoisotopic (exact) mass is 468 g/mol. The molecule has 0 aromatic carbocycles. The number of hydrogen-bond donors (Lipinski definition) is 3. The summed E-state index contributed by atoms with van der Waals surface area (Å²) in [5.74, 6) is -2.84. The molecule has 2 aliphatic rings. The number of β-lactam (4-membered cyclic amide) rings is 1. The number of aromatic nitrogens is 4. The zero-order chi connectivity index (χ0) is 21.4. The highest BCUT2D eigenvalue weighted by molar-refractivity contribution is 8.03. The molecule has 1 saturated heterocycles. The standard InChI is InChI=1S/C14H12N8O5S3/c15-14-17-10(20-30-14)8(19-27)11(23)16-7-4-1-2-5(29-6-3-28-21-18-6)9(13(25)26)22(4)12(7)24/h3-4,7-8H,1-2H2,(H,16,23)(H,25,26)(H2,15,17,20). The molecule has 156 valence electrons. The Morgan fingerprint density at radius 2 is 2.27 bits per heavy atom. The van der Waals surface area contributed by atoms with Crippen molar-refractivity contribution in [3.63, 3.8) is 0 Å². The Morgan fingerprint density at radius 1 is 1.47 bits per heavy atom. The minimum absolute atomic E-state index is 0.0706. The Hall–Kier alpha value is -2.98. The lowest BCUT2D eigenvalue weighted by atomic mass is 9.86. The van der Waals surface area contributed by atoms with E-state index in [9.17, 15) is 24.4 Å². The average molecular weight is 469 g/mol. The number of nitrogens with zero attached hydrogens (tertiary/aromatic N) is 6. The highest BCUT2D eigenvalue weighted by Crippen LogP contribution is 2.42. The molecule has 2 aromatic rings. The molecule has 4 N–H and O–H groups in total. The third-order valence-electron chi connectivity index (χ3n) is 4.52. The van der Waals surface area contributed by atoms with Crippen molar-refractivity contribution in [1.29, 1.82) is 0 Å². The van der Waals surface area contributed by atoms with Gasteiger partial charge in [0.2, 0.25) is 6.04 Å². The summed E-state index contributed by atoms with van der Waals surface area (Å²) in [6, 6.07) is -3.08. The number of amides is 2. The quantitative estimate of drug-likeness (QED) is 0.375. The van der Waals surface area contributed by atoms with Crippen molar-refractivity contribution in [3.8, 4) is 0 Å². The van der Waals surface area contributed by atoms with Crippen molar-refractivity contribution in [1.82, 2.24) is 29.2 Å². The molecule has 0 radical (unpaired) electrons. The van der Waals surface area contributed by atoms with Gasteiger partial charge in [0.15, 0.2) is 11.0 Å². The van der Waals surface area contributed by atoms with Crippen LogP contribution in [0.25, 0.3) is 0 Å². The van der Waals surface area contributed by atoms with Crippen molar-refractivity contribution < 1.29 is 19.5 Å². The molecule has 2 amide bonds. The molecular weight excluding hydrogens is 456 g/mol. The van der Waals surface area contributed by atoms with Crippen LogP contribution in [0.15, 0.2) is 26.2 Å². The van der Waals surface area contributed by atoms with Crippen LogP contribution in [0.4, 0.5) is 5.13 Å². The molecule has 2 aromatic heterocycles. The van der Waals surface area contributed by atoms with E-state index in [4.69, 9.17) is 5.73 Å². The number of carbonyl (C=O) groups is 3. The summed E-state index contributed by atoms with van der Waals surface area (Å²) in [6.07, 6.45) is 0.804. The van der Waals surface area contributed by atoms with Crippen LogP contribution in [0.5, 0.6) is 0 Å². The van der Waals surface area contributed by atoms with Crippen LogP contribution >= 0.6 is 34.8 Å². The zero-order valence-electron chi connectivity index (χ0n) is 14.8. The summed E-state index contributed by atoms with van der Waals surface area (Å²) < 4.78 is 7.54. The first-order valence-electron chi connectivity index (χ1n) is 8.37. The number of nitroso groups, excluding NO2 is 1. The predicted octanol–water partition coefficient (Wildman–Crippen LogP) is 0.357. The van der Waals surface area contributed by atoms with E-state index >= 15 is 0 Å². The van der Waals surface area contributed by atoms with Gasteiger partial charge in [-0.05, 0) is 29.6 Å². The van der Waals surface area contributed by atoms with Gasteiger partial charge in [0.05, 0.1) is 6.04 Å². The van der Waals surface area contributed by atoms with Gasteiger partial charge in [-0.1, -0.05) is 16.3 Å². The fourth-order valence-corrected chi connectivity index (χ4v) is 5.25. The van der Waals surface area contributed by atoms with Crippen LogP contribution in [-0.4, -0.2) is 58.8 Å². The van der Waals surface area contributed by atoms with Gasteiger partial charge in [-0.2, -0.15) is 4.37 Å². The Labute approximate surface area is 180 Å². The molecular formula is C14H12N8O5S3. The summed E-state index contributed by atoms with van der Waals surface area (Å²) in [5.41, 5.74) is 5.32. The smallest absolute Gasteiger partial charge is 0.353 e. The first kappa shape index (κ1) is 20.3. The lowest BCUT2D eigenvalue weighted by Crippen LogP contribution is -2.71. The fraction of sp³-hybridized carbons (Fsp3) is 0.357. The number of fused-ring (bicyclic) bond motifs is 1. The largest absolute Gasteiger partial charge is 0.477 e. The minimum Gasteiger partial charge on any atom is -0.477 e. The number of anilines is 1. The van der Waals surface area contributed by atoms with Crippen molar-refractivity contribution >= 4 is 57.7 Å². The van der Waals surface area contributed by atoms with Gasteiger partial charge in [-0.25, -0.2) is 9.78 Å². The third kappa shape index (κ3) is 3.52. The van der Waals surface area contributed by atoms with E-state index in [2.05, 4.69) is 29.4 Å². The Kier molecular flexibility index (Phi) is 5.44. The summed E-state index contributed by atoms with van der Waals surface area (Å²) in [7, 11) is 0. The summed E-state index contributed by atoms with van der Waals surface area (Å²) >= 11 is 3.09. The van der Waals surface area contributed by atoms with Crippen molar-refractivity contribution in [2.45, 2.75) is 36.0 Å². The molecule has 13 nitrogen and oxygen atoms in total. The summed E-state index contributed by atoms with van der Waals surface area (Å²) in [4.78, 5) is 53.5. The lowest BCUT2D eigenvalue weighted by molar-refractivity contribution is -0.156. The number of carbonyl (C=O) groups excluding carboxylic acids is 2. The number of allylic oxidation sites excluding steroid dienone is 1. The van der Waals surface area contributed by atoms with E-state index in [1.807, 2.05) is 0 Å². The van der Waals surface area contributed by atoms with Crippen LogP contribution in [0.1, 0.15) is 24.7 Å². The number of carboxylic acids is 1. The Balaban J connectivity index is 1.51. The molecule has 0 saturated carbocycles. The van der Waals surface area contributed by atoms with E-state index in [-0.39, 0.29) is 16.7 Å². The number of nitrogens with two attached hydrogens (primary N) is 1. The van der Waals surface area contributed by atoms with Crippen LogP contribution in [0.3, 0.4) is 0 Å². The van der Waals surface area contributed by atoms with E-state index in [1.54, 1.807) is 5.38 Å². The van der Waals surface area contributed by atoms with Gasteiger partial charge in [-0.15, -0.1) is 10.0 Å². The number of carboxylic acid groups (broad SMARTS) is 1. The molecule has 0 aliphatic carbocycles. The molecule has 1 fully saturated rings. The van der Waals surface area contributed by atoms with Crippen LogP contribution in [0, 0.1) is 4.91 Å². The number of nitrogens with one attached hydrogen (secondary N) is 1. The van der Waals surface area contributed by atoms with Gasteiger partial charge < -0.3 is 16.2 Å². The molecule has 4 heterocycles. The normalized spacial score (nSPS) is 21.6.